The van der Waals surface area contributed by atoms with Crippen LogP contribution in [0.2, 0.25) is 0 Å². The molecule has 1 rings (SSSR count). The number of aromatic nitrogens is 2. The molecule has 0 amide bonds. The molecule has 20 heavy (non-hydrogen) atoms. The zero-order valence-corrected chi connectivity index (χ0v) is 12.6. The third-order valence-corrected chi connectivity index (χ3v) is 3.81. The van der Waals surface area contributed by atoms with E-state index in [9.17, 15) is 26.4 Å². The molecule has 0 radical (unpaired) electrons. The summed E-state index contributed by atoms with van der Waals surface area (Å²) in [5.41, 5.74) is -0.816. The molecule has 1 aromatic rings. The predicted octanol–water partition coefficient (Wildman–Crippen LogP) is 1.02. The molecule has 0 unspecified atom stereocenters. The van der Waals surface area contributed by atoms with Gasteiger partial charge in [0.15, 0.2) is 0 Å². The first kappa shape index (κ1) is 17.0. The van der Waals surface area contributed by atoms with Crippen molar-refractivity contribution in [2.75, 3.05) is 23.9 Å². The van der Waals surface area contributed by atoms with Crippen LogP contribution in [0.25, 0.3) is 0 Å². The van der Waals surface area contributed by atoms with E-state index in [2.05, 4.69) is 26.3 Å². The van der Waals surface area contributed by atoms with Crippen molar-refractivity contribution >= 4 is 31.5 Å². The maximum atomic E-state index is 12.2. The van der Waals surface area contributed by atoms with Crippen LogP contribution >= 0.6 is 15.9 Å². The molecular weight excluding hydrogens is 367 g/mol. The second kappa shape index (κ2) is 6.12. The molecule has 0 saturated heterocycles. The number of nitrogens with zero attached hydrogens (tertiary/aromatic N) is 2. The Morgan fingerprint density at radius 3 is 2.55 bits per heavy atom. The van der Waals surface area contributed by atoms with Gasteiger partial charge < -0.3 is 5.32 Å². The van der Waals surface area contributed by atoms with Gasteiger partial charge in [0.05, 0.1) is 17.6 Å². The highest BCUT2D eigenvalue weighted by Crippen LogP contribution is 2.19. The van der Waals surface area contributed by atoms with Gasteiger partial charge in [0.25, 0.3) is 5.56 Å². The zero-order chi connectivity index (χ0) is 15.6. The van der Waals surface area contributed by atoms with Gasteiger partial charge >= 0.3 is 6.18 Å². The van der Waals surface area contributed by atoms with Crippen LogP contribution in [0.3, 0.4) is 0 Å². The molecule has 114 valence electrons. The third-order valence-electron chi connectivity index (χ3n) is 2.10. The van der Waals surface area contributed by atoms with Crippen LogP contribution in [0.15, 0.2) is 15.5 Å². The van der Waals surface area contributed by atoms with Crippen LogP contribution < -0.4 is 10.9 Å². The summed E-state index contributed by atoms with van der Waals surface area (Å²) in [4.78, 5) is 11.6. The van der Waals surface area contributed by atoms with E-state index in [1.165, 1.54) is 0 Å². The van der Waals surface area contributed by atoms with Crippen LogP contribution in [-0.4, -0.2) is 42.9 Å². The first-order chi connectivity index (χ1) is 8.99. The smallest absolute Gasteiger partial charge is 0.382 e. The van der Waals surface area contributed by atoms with Crippen molar-refractivity contribution in [1.82, 2.24) is 9.78 Å². The molecule has 0 bridgehead atoms. The Hall–Kier alpha value is -1.10. The number of halogens is 4. The number of hydrogen-bond donors (Lipinski definition) is 1. The summed E-state index contributed by atoms with van der Waals surface area (Å²) >= 11 is 2.87. The summed E-state index contributed by atoms with van der Waals surface area (Å²) < 4.78 is 58.6. The summed E-state index contributed by atoms with van der Waals surface area (Å²) in [5, 5.41) is 6.00. The number of rotatable bonds is 5. The predicted molar refractivity (Wildman–Crippen MR) is 70.5 cm³/mol. The van der Waals surface area contributed by atoms with Crippen LogP contribution in [0.5, 0.6) is 0 Å². The van der Waals surface area contributed by atoms with Crippen molar-refractivity contribution in [1.29, 1.82) is 0 Å². The minimum Gasteiger partial charge on any atom is -0.382 e. The highest BCUT2D eigenvalue weighted by molar-refractivity contribution is 9.10. The summed E-state index contributed by atoms with van der Waals surface area (Å²) in [6, 6.07) is 0. The summed E-state index contributed by atoms with van der Waals surface area (Å²) in [6.07, 6.45) is -2.48. The van der Waals surface area contributed by atoms with Gasteiger partial charge in [-0.15, -0.1) is 0 Å². The summed E-state index contributed by atoms with van der Waals surface area (Å²) in [5.74, 6) is -0.176. The Balaban J connectivity index is 2.87. The van der Waals surface area contributed by atoms with E-state index >= 15 is 0 Å². The molecular formula is C9H11BrF3N3O3S. The van der Waals surface area contributed by atoms with Crippen molar-refractivity contribution < 1.29 is 21.6 Å². The average Bonchev–Trinajstić information content (AvgIpc) is 2.25. The second-order valence-electron chi connectivity index (χ2n) is 4.01. The maximum Gasteiger partial charge on any atom is 0.408 e. The molecule has 0 aliphatic carbocycles. The summed E-state index contributed by atoms with van der Waals surface area (Å²) in [7, 11) is -3.18. The quantitative estimate of drug-likeness (QED) is 0.828. The fourth-order valence-corrected chi connectivity index (χ4v) is 2.16. The molecule has 0 spiro atoms. The van der Waals surface area contributed by atoms with Crippen LogP contribution in [-0.2, 0) is 16.4 Å². The normalized spacial score (nSPS) is 12.4. The number of anilines is 1. The van der Waals surface area contributed by atoms with E-state index in [1.54, 1.807) is 0 Å². The Morgan fingerprint density at radius 1 is 1.45 bits per heavy atom. The van der Waals surface area contributed by atoms with Crippen molar-refractivity contribution in [2.45, 2.75) is 12.7 Å². The fourth-order valence-electron chi connectivity index (χ4n) is 1.24. The maximum absolute atomic E-state index is 12.2. The van der Waals surface area contributed by atoms with Crippen LogP contribution in [0.1, 0.15) is 0 Å². The van der Waals surface area contributed by atoms with Gasteiger partial charge in [-0.1, -0.05) is 0 Å². The first-order valence-electron chi connectivity index (χ1n) is 5.23. The molecule has 0 fully saturated rings. The van der Waals surface area contributed by atoms with Crippen LogP contribution in [0.4, 0.5) is 18.9 Å². The van der Waals surface area contributed by atoms with Crippen molar-refractivity contribution in [2.24, 2.45) is 0 Å². The van der Waals surface area contributed by atoms with Gasteiger partial charge in [0, 0.05) is 12.8 Å². The van der Waals surface area contributed by atoms with Gasteiger partial charge in [-0.3, -0.25) is 4.79 Å². The largest absolute Gasteiger partial charge is 0.408 e. The molecule has 0 aromatic carbocycles. The Morgan fingerprint density at radius 2 is 2.05 bits per heavy atom. The molecule has 1 N–H and O–H groups in total. The molecule has 0 aliphatic heterocycles. The number of nitrogens with one attached hydrogen (secondary N) is 1. The van der Waals surface area contributed by atoms with Gasteiger partial charge in [0.2, 0.25) is 0 Å². The van der Waals surface area contributed by atoms with E-state index < -0.39 is 28.1 Å². The van der Waals surface area contributed by atoms with E-state index in [1.807, 2.05) is 0 Å². The standard InChI is InChI=1S/C9H11BrF3N3O3S/c1-20(18,19)3-2-14-6-4-15-16(5-9(11,12)13)8(17)7(6)10/h4,14H,2-3,5H2,1H3. The molecule has 6 nitrogen and oxygen atoms in total. The molecule has 0 aliphatic rings. The van der Waals surface area contributed by atoms with E-state index in [-0.39, 0.29) is 27.1 Å². The first-order valence-corrected chi connectivity index (χ1v) is 8.09. The third kappa shape index (κ3) is 5.49. The van der Waals surface area contributed by atoms with Crippen LogP contribution in [0, 0.1) is 0 Å². The number of sulfone groups is 1. The zero-order valence-electron chi connectivity index (χ0n) is 10.2. The Kier molecular flexibility index (Phi) is 5.19. The fraction of sp³-hybridized carbons (Fsp3) is 0.556. The lowest BCUT2D eigenvalue weighted by atomic mass is 10.4. The number of hydrogen-bond acceptors (Lipinski definition) is 5. The molecule has 1 aromatic heterocycles. The topological polar surface area (TPSA) is 81.1 Å². The molecule has 0 atom stereocenters. The molecule has 11 heteroatoms. The second-order valence-corrected chi connectivity index (χ2v) is 7.06. The van der Waals surface area contributed by atoms with E-state index in [0.29, 0.717) is 0 Å². The minimum atomic E-state index is -4.55. The number of alkyl halides is 3. The lowest BCUT2D eigenvalue weighted by Gasteiger charge is -2.11. The van der Waals surface area contributed by atoms with Gasteiger partial charge in [-0.2, -0.15) is 18.3 Å². The monoisotopic (exact) mass is 377 g/mol. The van der Waals surface area contributed by atoms with Gasteiger partial charge in [0.1, 0.15) is 20.9 Å². The lowest BCUT2D eigenvalue weighted by molar-refractivity contribution is -0.143. The average molecular weight is 378 g/mol. The highest BCUT2D eigenvalue weighted by Gasteiger charge is 2.29. The Labute approximate surface area is 121 Å². The Bertz CT molecular complexity index is 642. The molecule has 1 heterocycles. The highest BCUT2D eigenvalue weighted by atomic mass is 79.9. The van der Waals surface area contributed by atoms with E-state index in [4.69, 9.17) is 0 Å². The van der Waals surface area contributed by atoms with Gasteiger partial charge in [-0.25, -0.2) is 13.1 Å². The summed E-state index contributed by atoms with van der Waals surface area (Å²) in [6.45, 7) is -1.48. The van der Waals surface area contributed by atoms with Gasteiger partial charge in [-0.05, 0) is 15.9 Å². The SMILES string of the molecule is CS(=O)(=O)CCNc1cnn(CC(F)(F)F)c(=O)c1Br. The van der Waals surface area contributed by atoms with E-state index in [0.717, 1.165) is 12.5 Å². The van der Waals surface area contributed by atoms with Crippen molar-refractivity contribution in [3.05, 3.63) is 21.0 Å². The molecule has 0 saturated carbocycles. The van der Waals surface area contributed by atoms with Crippen molar-refractivity contribution in [3.63, 3.8) is 0 Å². The minimum absolute atomic E-state index is 0.0157. The van der Waals surface area contributed by atoms with Crippen molar-refractivity contribution in [3.8, 4) is 0 Å². The lowest BCUT2D eigenvalue weighted by Crippen LogP contribution is -2.31.